The Balaban J connectivity index is 3.24. The van der Waals surface area contributed by atoms with Crippen LogP contribution in [0.2, 0.25) is 0 Å². The predicted molar refractivity (Wildman–Crippen MR) is 53.8 cm³/mol. The van der Waals surface area contributed by atoms with Crippen molar-refractivity contribution in [2.75, 3.05) is 7.11 Å². The normalized spacial score (nSPS) is 9.40. The molecule has 0 fully saturated rings. The SMILES string of the molecule is COc1c(C#N)ccc(CC(=O)O)c1C. The zero-order valence-electron chi connectivity index (χ0n) is 8.57. The van der Waals surface area contributed by atoms with E-state index in [-0.39, 0.29) is 6.42 Å². The molecular formula is C11H11NO3. The first kappa shape index (κ1) is 11.1. The minimum Gasteiger partial charge on any atom is -0.495 e. The minimum absolute atomic E-state index is 0.0616. The zero-order valence-corrected chi connectivity index (χ0v) is 8.57. The highest BCUT2D eigenvalue weighted by molar-refractivity contribution is 5.71. The van der Waals surface area contributed by atoms with Gasteiger partial charge in [-0.2, -0.15) is 5.26 Å². The van der Waals surface area contributed by atoms with E-state index in [1.165, 1.54) is 7.11 Å². The molecule has 0 unspecified atom stereocenters. The van der Waals surface area contributed by atoms with Crippen molar-refractivity contribution in [2.45, 2.75) is 13.3 Å². The average molecular weight is 205 g/mol. The molecule has 0 aliphatic rings. The lowest BCUT2D eigenvalue weighted by molar-refractivity contribution is -0.136. The van der Waals surface area contributed by atoms with Crippen LogP contribution < -0.4 is 4.74 Å². The fourth-order valence-corrected chi connectivity index (χ4v) is 1.44. The van der Waals surface area contributed by atoms with E-state index in [4.69, 9.17) is 15.1 Å². The Labute approximate surface area is 87.7 Å². The second kappa shape index (κ2) is 4.47. The average Bonchev–Trinajstić information content (AvgIpc) is 2.20. The lowest BCUT2D eigenvalue weighted by Crippen LogP contribution is -2.04. The molecule has 4 heteroatoms. The zero-order chi connectivity index (χ0) is 11.4. The van der Waals surface area contributed by atoms with Gasteiger partial charge in [0.1, 0.15) is 11.8 Å². The third-order valence-electron chi connectivity index (χ3n) is 2.18. The molecule has 15 heavy (non-hydrogen) atoms. The number of nitrogens with zero attached hydrogens (tertiary/aromatic N) is 1. The Bertz CT molecular complexity index is 432. The van der Waals surface area contributed by atoms with Gasteiger partial charge in [0.15, 0.2) is 0 Å². The van der Waals surface area contributed by atoms with Crippen molar-refractivity contribution in [1.29, 1.82) is 5.26 Å². The number of carboxylic acid groups (broad SMARTS) is 1. The second-order valence-corrected chi connectivity index (χ2v) is 3.11. The van der Waals surface area contributed by atoms with Crippen LogP contribution in [0.25, 0.3) is 0 Å². The van der Waals surface area contributed by atoms with Crippen LogP contribution in [0.3, 0.4) is 0 Å². The minimum atomic E-state index is -0.898. The Morgan fingerprint density at radius 2 is 2.27 bits per heavy atom. The maximum absolute atomic E-state index is 10.6. The molecule has 0 bridgehead atoms. The van der Waals surface area contributed by atoms with Gasteiger partial charge in [0.25, 0.3) is 0 Å². The number of carboxylic acids is 1. The van der Waals surface area contributed by atoms with Gasteiger partial charge in [-0.25, -0.2) is 0 Å². The third kappa shape index (κ3) is 2.26. The molecular weight excluding hydrogens is 194 g/mol. The number of ether oxygens (including phenoxy) is 1. The van der Waals surface area contributed by atoms with Crippen molar-refractivity contribution in [3.8, 4) is 11.8 Å². The number of hydrogen-bond acceptors (Lipinski definition) is 3. The molecule has 0 radical (unpaired) electrons. The van der Waals surface area contributed by atoms with Gasteiger partial charge in [0.05, 0.1) is 19.1 Å². The molecule has 0 heterocycles. The lowest BCUT2D eigenvalue weighted by Gasteiger charge is -2.10. The number of rotatable bonds is 3. The van der Waals surface area contributed by atoms with E-state index in [9.17, 15) is 4.79 Å². The second-order valence-electron chi connectivity index (χ2n) is 3.11. The van der Waals surface area contributed by atoms with Gasteiger partial charge < -0.3 is 9.84 Å². The van der Waals surface area contributed by atoms with E-state index in [0.717, 1.165) is 0 Å². The summed E-state index contributed by atoms with van der Waals surface area (Å²) in [5.74, 6) is -0.443. The maximum atomic E-state index is 10.6. The third-order valence-corrected chi connectivity index (χ3v) is 2.18. The molecule has 0 saturated heterocycles. The molecule has 0 atom stereocenters. The predicted octanol–water partition coefficient (Wildman–Crippen LogP) is 1.50. The van der Waals surface area contributed by atoms with Crippen molar-refractivity contribution in [2.24, 2.45) is 0 Å². The van der Waals surface area contributed by atoms with E-state index >= 15 is 0 Å². The van der Waals surface area contributed by atoms with Crippen molar-refractivity contribution in [1.82, 2.24) is 0 Å². The van der Waals surface area contributed by atoms with Gasteiger partial charge in [-0.3, -0.25) is 4.79 Å². The highest BCUT2D eigenvalue weighted by Gasteiger charge is 2.12. The first-order valence-corrected chi connectivity index (χ1v) is 4.38. The highest BCUT2D eigenvalue weighted by Crippen LogP contribution is 2.26. The summed E-state index contributed by atoms with van der Waals surface area (Å²) in [6, 6.07) is 5.21. The first-order valence-electron chi connectivity index (χ1n) is 4.38. The summed E-state index contributed by atoms with van der Waals surface area (Å²) in [5, 5.41) is 17.5. The van der Waals surface area contributed by atoms with E-state index in [2.05, 4.69) is 0 Å². The summed E-state index contributed by atoms with van der Waals surface area (Å²) in [5.41, 5.74) is 1.79. The summed E-state index contributed by atoms with van der Waals surface area (Å²) >= 11 is 0. The van der Waals surface area contributed by atoms with Crippen molar-refractivity contribution in [3.63, 3.8) is 0 Å². The van der Waals surface area contributed by atoms with E-state index in [1.54, 1.807) is 19.1 Å². The quantitative estimate of drug-likeness (QED) is 0.811. The van der Waals surface area contributed by atoms with Crippen LogP contribution in [0.4, 0.5) is 0 Å². The molecule has 0 aliphatic heterocycles. The lowest BCUT2D eigenvalue weighted by atomic mass is 10.0. The molecule has 78 valence electrons. The fourth-order valence-electron chi connectivity index (χ4n) is 1.44. The van der Waals surface area contributed by atoms with Crippen LogP contribution in [0, 0.1) is 18.3 Å². The van der Waals surface area contributed by atoms with Gasteiger partial charge >= 0.3 is 5.97 Å². The number of benzene rings is 1. The Kier molecular flexibility index (Phi) is 3.29. The molecule has 1 aromatic rings. The maximum Gasteiger partial charge on any atom is 0.307 e. The summed E-state index contributed by atoms with van der Waals surface area (Å²) in [4.78, 5) is 10.6. The van der Waals surface area contributed by atoms with Crippen LogP contribution in [-0.4, -0.2) is 18.2 Å². The number of aliphatic carboxylic acids is 1. The van der Waals surface area contributed by atoms with Gasteiger partial charge in [-0.15, -0.1) is 0 Å². The van der Waals surface area contributed by atoms with Crippen molar-refractivity contribution in [3.05, 3.63) is 28.8 Å². The van der Waals surface area contributed by atoms with Crippen LogP contribution in [0.1, 0.15) is 16.7 Å². The fraction of sp³-hybridized carbons (Fsp3) is 0.273. The monoisotopic (exact) mass is 205 g/mol. The number of methoxy groups -OCH3 is 1. The van der Waals surface area contributed by atoms with Gasteiger partial charge in [-0.1, -0.05) is 6.07 Å². The van der Waals surface area contributed by atoms with Crippen LogP contribution in [0.15, 0.2) is 12.1 Å². The molecule has 0 saturated carbocycles. The molecule has 4 nitrogen and oxygen atoms in total. The molecule has 1 aromatic carbocycles. The topological polar surface area (TPSA) is 70.3 Å². The number of hydrogen-bond donors (Lipinski definition) is 1. The highest BCUT2D eigenvalue weighted by atomic mass is 16.5. The number of carbonyl (C=O) groups is 1. The molecule has 1 N–H and O–H groups in total. The van der Waals surface area contributed by atoms with E-state index < -0.39 is 5.97 Å². The largest absolute Gasteiger partial charge is 0.495 e. The summed E-state index contributed by atoms with van der Waals surface area (Å²) < 4.78 is 5.07. The van der Waals surface area contributed by atoms with Gasteiger partial charge in [0, 0.05) is 0 Å². The summed E-state index contributed by atoms with van der Waals surface area (Å²) in [6.45, 7) is 1.75. The molecule has 0 aliphatic carbocycles. The smallest absolute Gasteiger partial charge is 0.307 e. The Morgan fingerprint density at radius 3 is 2.73 bits per heavy atom. The Hall–Kier alpha value is -2.02. The Morgan fingerprint density at radius 1 is 1.60 bits per heavy atom. The summed E-state index contributed by atoms with van der Waals surface area (Å²) in [7, 11) is 1.47. The van der Waals surface area contributed by atoms with E-state index in [1.807, 2.05) is 6.07 Å². The van der Waals surface area contributed by atoms with Gasteiger partial charge in [0.2, 0.25) is 0 Å². The van der Waals surface area contributed by atoms with E-state index in [0.29, 0.717) is 22.4 Å². The molecule has 0 amide bonds. The first-order chi connectivity index (χ1) is 7.10. The van der Waals surface area contributed by atoms with Crippen LogP contribution in [-0.2, 0) is 11.2 Å². The summed E-state index contributed by atoms with van der Waals surface area (Å²) in [6.07, 6.45) is -0.0616. The standard InChI is InChI=1S/C11H11NO3/c1-7-8(5-10(13)14)3-4-9(6-12)11(7)15-2/h3-4H,5H2,1-2H3,(H,13,14). The van der Waals surface area contributed by atoms with Crippen molar-refractivity contribution < 1.29 is 14.6 Å². The number of nitriles is 1. The van der Waals surface area contributed by atoms with Gasteiger partial charge in [-0.05, 0) is 24.1 Å². The molecule has 0 spiro atoms. The van der Waals surface area contributed by atoms with Crippen LogP contribution in [0.5, 0.6) is 5.75 Å². The molecule has 1 rings (SSSR count). The molecule has 0 aromatic heterocycles. The van der Waals surface area contributed by atoms with Crippen molar-refractivity contribution >= 4 is 5.97 Å². The van der Waals surface area contributed by atoms with Crippen LogP contribution >= 0.6 is 0 Å².